The monoisotopic (exact) mass is 275 g/mol. The molecule has 1 aromatic carbocycles. The van der Waals surface area contributed by atoms with Crippen molar-refractivity contribution in [2.24, 2.45) is 11.8 Å². The molecule has 1 nitrogen and oxygen atoms in total. The van der Waals surface area contributed by atoms with E-state index in [4.69, 9.17) is 0 Å². The van der Waals surface area contributed by atoms with E-state index < -0.39 is 0 Å². The Bertz CT molecular complexity index is 431. The molecule has 19 heavy (non-hydrogen) atoms. The second-order valence-electron chi connectivity index (χ2n) is 6.44. The largest absolute Gasteiger partial charge is 0.306 e. The van der Waals surface area contributed by atoms with Crippen molar-refractivity contribution in [3.05, 3.63) is 35.4 Å². The molecule has 1 saturated carbocycles. The van der Waals surface area contributed by atoms with E-state index in [-0.39, 0.29) is 0 Å². The number of hydrogen-bond acceptors (Lipinski definition) is 2. The fourth-order valence-electron chi connectivity index (χ4n) is 3.69. The van der Waals surface area contributed by atoms with Gasteiger partial charge in [-0.25, -0.2) is 0 Å². The van der Waals surface area contributed by atoms with Gasteiger partial charge in [0, 0.05) is 23.6 Å². The molecular formula is C17H25NS. The van der Waals surface area contributed by atoms with E-state index in [0.717, 1.165) is 11.8 Å². The molecule has 1 N–H and O–H groups in total. The maximum Gasteiger partial charge on any atom is 0.0417 e. The van der Waals surface area contributed by atoms with Gasteiger partial charge in [-0.05, 0) is 42.2 Å². The standard InChI is InChI=1S/C17H25NS/c1-12-7-8-16(13(2)9-12)18-17-11-19-10-14-5-3-4-6-15(14)17/h3-6,12-13,16-18H,7-11H2,1-2H3. The highest BCUT2D eigenvalue weighted by molar-refractivity contribution is 7.98. The Balaban J connectivity index is 1.71. The van der Waals surface area contributed by atoms with Crippen molar-refractivity contribution in [2.75, 3.05) is 5.75 Å². The van der Waals surface area contributed by atoms with Crippen LogP contribution >= 0.6 is 11.8 Å². The van der Waals surface area contributed by atoms with Gasteiger partial charge in [-0.2, -0.15) is 11.8 Å². The third kappa shape index (κ3) is 3.00. The molecular weight excluding hydrogens is 250 g/mol. The van der Waals surface area contributed by atoms with Gasteiger partial charge in [0.1, 0.15) is 0 Å². The Morgan fingerprint density at radius 1 is 1.16 bits per heavy atom. The first-order chi connectivity index (χ1) is 9.24. The fraction of sp³-hybridized carbons (Fsp3) is 0.647. The van der Waals surface area contributed by atoms with Crippen LogP contribution in [-0.4, -0.2) is 11.8 Å². The van der Waals surface area contributed by atoms with E-state index in [1.165, 1.54) is 36.3 Å². The van der Waals surface area contributed by atoms with Crippen molar-refractivity contribution in [2.45, 2.75) is 50.9 Å². The predicted octanol–water partition coefficient (Wildman–Crippen LogP) is 4.39. The molecule has 0 saturated heterocycles. The van der Waals surface area contributed by atoms with Crippen molar-refractivity contribution in [1.29, 1.82) is 0 Å². The van der Waals surface area contributed by atoms with Crippen molar-refractivity contribution >= 4 is 11.8 Å². The normalized spacial score (nSPS) is 34.8. The third-order valence-corrected chi connectivity index (χ3v) is 5.90. The van der Waals surface area contributed by atoms with Gasteiger partial charge in [-0.3, -0.25) is 0 Å². The van der Waals surface area contributed by atoms with E-state index in [1.807, 2.05) is 0 Å². The molecule has 4 unspecified atom stereocenters. The van der Waals surface area contributed by atoms with E-state index in [2.05, 4.69) is 55.2 Å². The number of nitrogens with one attached hydrogen (secondary N) is 1. The molecule has 3 rings (SSSR count). The molecule has 0 aromatic heterocycles. The summed E-state index contributed by atoms with van der Waals surface area (Å²) in [6.07, 6.45) is 4.13. The molecule has 1 aromatic rings. The van der Waals surface area contributed by atoms with Crippen LogP contribution in [0, 0.1) is 11.8 Å². The first kappa shape index (κ1) is 13.5. The first-order valence-electron chi connectivity index (χ1n) is 7.65. The highest BCUT2D eigenvalue weighted by atomic mass is 32.2. The summed E-state index contributed by atoms with van der Waals surface area (Å²) in [5, 5.41) is 3.96. The molecule has 1 aliphatic heterocycles. The Morgan fingerprint density at radius 2 is 2.00 bits per heavy atom. The summed E-state index contributed by atoms with van der Waals surface area (Å²) in [5.74, 6) is 4.16. The minimum Gasteiger partial charge on any atom is -0.306 e. The molecule has 2 heteroatoms. The summed E-state index contributed by atoms with van der Waals surface area (Å²) in [5.41, 5.74) is 3.08. The number of thioether (sulfide) groups is 1. The van der Waals surface area contributed by atoms with Crippen molar-refractivity contribution < 1.29 is 0 Å². The van der Waals surface area contributed by atoms with Gasteiger partial charge < -0.3 is 5.32 Å². The zero-order chi connectivity index (χ0) is 13.2. The van der Waals surface area contributed by atoms with Gasteiger partial charge in [0.25, 0.3) is 0 Å². The number of fused-ring (bicyclic) bond motifs is 1. The Kier molecular flexibility index (Phi) is 4.18. The molecule has 2 aliphatic rings. The predicted molar refractivity (Wildman–Crippen MR) is 84.4 cm³/mol. The molecule has 4 atom stereocenters. The summed E-state index contributed by atoms with van der Waals surface area (Å²) in [4.78, 5) is 0. The van der Waals surface area contributed by atoms with Crippen LogP contribution in [-0.2, 0) is 5.75 Å². The summed E-state index contributed by atoms with van der Waals surface area (Å²) in [7, 11) is 0. The van der Waals surface area contributed by atoms with Gasteiger partial charge in [0.2, 0.25) is 0 Å². The lowest BCUT2D eigenvalue weighted by molar-refractivity contribution is 0.217. The molecule has 1 aliphatic carbocycles. The SMILES string of the molecule is CC1CCC(NC2CSCc3ccccc32)C(C)C1. The summed E-state index contributed by atoms with van der Waals surface area (Å²) < 4.78 is 0. The maximum absolute atomic E-state index is 3.96. The lowest BCUT2D eigenvalue weighted by atomic mass is 9.79. The maximum atomic E-state index is 3.96. The summed E-state index contributed by atoms with van der Waals surface area (Å²) in [6, 6.07) is 10.3. The molecule has 0 amide bonds. The molecule has 0 spiro atoms. The van der Waals surface area contributed by atoms with Crippen LogP contribution in [0.4, 0.5) is 0 Å². The van der Waals surface area contributed by atoms with E-state index in [0.29, 0.717) is 12.1 Å². The van der Waals surface area contributed by atoms with Gasteiger partial charge >= 0.3 is 0 Å². The zero-order valence-electron chi connectivity index (χ0n) is 12.1. The minimum absolute atomic E-state index is 0.566. The van der Waals surface area contributed by atoms with Gasteiger partial charge in [0.15, 0.2) is 0 Å². The van der Waals surface area contributed by atoms with Gasteiger partial charge in [0.05, 0.1) is 0 Å². The summed E-state index contributed by atoms with van der Waals surface area (Å²) in [6.45, 7) is 4.83. The molecule has 0 radical (unpaired) electrons. The van der Waals surface area contributed by atoms with Crippen LogP contribution in [0.5, 0.6) is 0 Å². The zero-order valence-corrected chi connectivity index (χ0v) is 12.9. The number of rotatable bonds is 2. The van der Waals surface area contributed by atoms with Gasteiger partial charge in [-0.1, -0.05) is 38.1 Å². The summed E-state index contributed by atoms with van der Waals surface area (Å²) >= 11 is 2.07. The van der Waals surface area contributed by atoms with Gasteiger partial charge in [-0.15, -0.1) is 0 Å². The smallest absolute Gasteiger partial charge is 0.0417 e. The van der Waals surface area contributed by atoms with Crippen LogP contribution in [0.3, 0.4) is 0 Å². The topological polar surface area (TPSA) is 12.0 Å². The average molecular weight is 275 g/mol. The Hall–Kier alpha value is -0.470. The van der Waals surface area contributed by atoms with Crippen LogP contribution in [0.25, 0.3) is 0 Å². The van der Waals surface area contributed by atoms with E-state index >= 15 is 0 Å². The van der Waals surface area contributed by atoms with Crippen LogP contribution in [0.1, 0.15) is 50.3 Å². The lowest BCUT2D eigenvalue weighted by Crippen LogP contribution is -2.42. The fourth-order valence-corrected chi connectivity index (χ4v) is 4.80. The molecule has 104 valence electrons. The average Bonchev–Trinajstić information content (AvgIpc) is 2.42. The lowest BCUT2D eigenvalue weighted by Gasteiger charge is -2.37. The van der Waals surface area contributed by atoms with Crippen molar-refractivity contribution in [1.82, 2.24) is 5.32 Å². The van der Waals surface area contributed by atoms with Crippen LogP contribution in [0.15, 0.2) is 24.3 Å². The highest BCUT2D eigenvalue weighted by Gasteiger charge is 2.29. The highest BCUT2D eigenvalue weighted by Crippen LogP contribution is 2.35. The molecule has 1 fully saturated rings. The molecule has 0 bridgehead atoms. The first-order valence-corrected chi connectivity index (χ1v) is 8.81. The van der Waals surface area contributed by atoms with Crippen LogP contribution in [0.2, 0.25) is 0 Å². The Labute approximate surface area is 121 Å². The Morgan fingerprint density at radius 3 is 2.84 bits per heavy atom. The van der Waals surface area contributed by atoms with E-state index in [9.17, 15) is 0 Å². The number of hydrogen-bond donors (Lipinski definition) is 1. The number of benzene rings is 1. The van der Waals surface area contributed by atoms with E-state index in [1.54, 1.807) is 5.56 Å². The molecule has 1 heterocycles. The van der Waals surface area contributed by atoms with Crippen LogP contribution < -0.4 is 5.32 Å². The second kappa shape index (κ2) is 5.88. The minimum atomic E-state index is 0.566. The van der Waals surface area contributed by atoms with Crippen molar-refractivity contribution in [3.63, 3.8) is 0 Å². The quantitative estimate of drug-likeness (QED) is 0.859. The van der Waals surface area contributed by atoms with Crippen molar-refractivity contribution in [3.8, 4) is 0 Å². The second-order valence-corrected chi connectivity index (χ2v) is 7.47. The third-order valence-electron chi connectivity index (χ3n) is 4.82.